The first kappa shape index (κ1) is 16.3. The van der Waals surface area contributed by atoms with Gasteiger partial charge >= 0.3 is 12.1 Å². The molecule has 1 aliphatic rings. The average Bonchev–Trinajstić information content (AvgIpc) is 2.82. The summed E-state index contributed by atoms with van der Waals surface area (Å²) in [5, 5.41) is 9.49. The highest BCUT2D eigenvalue weighted by Gasteiger charge is 2.44. The molecule has 0 saturated carbocycles. The highest BCUT2D eigenvalue weighted by molar-refractivity contribution is 5.82. The van der Waals surface area contributed by atoms with Crippen molar-refractivity contribution in [1.29, 1.82) is 0 Å². The molecule has 0 spiro atoms. The number of carboxylic acid groups (broad SMARTS) is 1. The average molecular weight is 309 g/mol. The van der Waals surface area contributed by atoms with Gasteiger partial charge in [-0.05, 0) is 44.9 Å². The first-order valence-corrected chi connectivity index (χ1v) is 7.17. The van der Waals surface area contributed by atoms with Crippen molar-refractivity contribution in [2.24, 2.45) is 0 Å². The number of carbonyl (C=O) groups excluding carboxylic acids is 1. The minimum Gasteiger partial charge on any atom is -0.480 e. The summed E-state index contributed by atoms with van der Waals surface area (Å²) in [5.74, 6) is -1.83. The highest BCUT2D eigenvalue weighted by Crippen LogP contribution is 2.34. The second kappa shape index (κ2) is 5.94. The Morgan fingerprint density at radius 1 is 1.27 bits per heavy atom. The van der Waals surface area contributed by atoms with Crippen LogP contribution in [0, 0.1) is 5.82 Å². The van der Waals surface area contributed by atoms with Crippen LogP contribution < -0.4 is 0 Å². The van der Waals surface area contributed by atoms with Gasteiger partial charge in [-0.3, -0.25) is 4.90 Å². The molecule has 1 saturated heterocycles. The topological polar surface area (TPSA) is 66.8 Å². The fourth-order valence-corrected chi connectivity index (χ4v) is 2.68. The molecule has 5 nitrogen and oxygen atoms in total. The second-order valence-corrected chi connectivity index (χ2v) is 6.40. The number of carboxylic acids is 1. The molecule has 1 aromatic carbocycles. The number of carbonyl (C=O) groups is 2. The predicted molar refractivity (Wildman–Crippen MR) is 78.1 cm³/mol. The van der Waals surface area contributed by atoms with Crippen molar-refractivity contribution in [2.45, 2.75) is 44.8 Å². The zero-order valence-electron chi connectivity index (χ0n) is 12.9. The Morgan fingerprint density at radius 2 is 1.86 bits per heavy atom. The molecule has 22 heavy (non-hydrogen) atoms. The van der Waals surface area contributed by atoms with Gasteiger partial charge in [-0.15, -0.1) is 0 Å². The number of nitrogens with zero attached hydrogens (tertiary/aromatic N) is 1. The van der Waals surface area contributed by atoms with Gasteiger partial charge < -0.3 is 9.84 Å². The summed E-state index contributed by atoms with van der Waals surface area (Å²) in [6.45, 7) is 5.49. The van der Waals surface area contributed by atoms with Crippen LogP contribution in [0.5, 0.6) is 0 Å². The van der Waals surface area contributed by atoms with Crippen molar-refractivity contribution in [3.8, 4) is 0 Å². The fourth-order valence-electron chi connectivity index (χ4n) is 2.68. The van der Waals surface area contributed by atoms with E-state index < -0.39 is 23.7 Å². The molecule has 1 N–H and O–H groups in total. The summed E-state index contributed by atoms with van der Waals surface area (Å²) in [4.78, 5) is 25.0. The normalized spacial score (nSPS) is 21.7. The third-order valence-electron chi connectivity index (χ3n) is 3.58. The van der Waals surface area contributed by atoms with Crippen LogP contribution in [0.25, 0.3) is 0 Å². The van der Waals surface area contributed by atoms with Crippen molar-refractivity contribution in [1.82, 2.24) is 4.90 Å². The smallest absolute Gasteiger partial charge is 0.411 e. The number of halogens is 1. The summed E-state index contributed by atoms with van der Waals surface area (Å²) >= 11 is 0. The van der Waals surface area contributed by atoms with Crippen LogP contribution in [-0.2, 0) is 9.53 Å². The summed E-state index contributed by atoms with van der Waals surface area (Å²) in [7, 11) is 0. The summed E-state index contributed by atoms with van der Waals surface area (Å²) in [6, 6.07) is 4.72. The van der Waals surface area contributed by atoms with E-state index in [0.29, 0.717) is 18.5 Å². The summed E-state index contributed by atoms with van der Waals surface area (Å²) in [5.41, 5.74) is 0.0218. The number of likely N-dealkylation sites (tertiary alicyclic amines) is 1. The molecule has 1 aliphatic heterocycles. The minimum atomic E-state index is -1.09. The molecule has 0 unspecified atom stereocenters. The Balaban J connectivity index is 2.23. The monoisotopic (exact) mass is 309 g/mol. The van der Waals surface area contributed by atoms with Crippen LogP contribution in [0.2, 0.25) is 0 Å². The molecule has 0 aromatic heterocycles. The van der Waals surface area contributed by atoms with Crippen molar-refractivity contribution < 1.29 is 23.8 Å². The van der Waals surface area contributed by atoms with E-state index in [4.69, 9.17) is 4.74 Å². The molecule has 1 aromatic rings. The number of hydrogen-bond acceptors (Lipinski definition) is 3. The van der Waals surface area contributed by atoms with Crippen LogP contribution in [0.4, 0.5) is 9.18 Å². The van der Waals surface area contributed by atoms with Crippen molar-refractivity contribution in [3.05, 3.63) is 35.6 Å². The maximum absolute atomic E-state index is 13.0. The Hall–Kier alpha value is -2.11. The number of aliphatic carboxylic acids is 1. The lowest BCUT2D eigenvalue weighted by atomic mass is 9.92. The van der Waals surface area contributed by atoms with Gasteiger partial charge in [-0.2, -0.15) is 0 Å². The van der Waals surface area contributed by atoms with Gasteiger partial charge in [-0.25, -0.2) is 14.0 Å². The lowest BCUT2D eigenvalue weighted by Crippen LogP contribution is -2.45. The molecule has 0 radical (unpaired) electrons. The van der Waals surface area contributed by atoms with Gasteiger partial charge in [0.05, 0.1) is 0 Å². The lowest BCUT2D eigenvalue weighted by molar-refractivity contribution is -0.142. The van der Waals surface area contributed by atoms with E-state index in [1.165, 1.54) is 17.0 Å². The molecule has 6 heteroatoms. The molecule has 2 rings (SSSR count). The molecule has 0 bridgehead atoms. The van der Waals surface area contributed by atoms with Crippen molar-refractivity contribution in [2.75, 3.05) is 6.54 Å². The van der Waals surface area contributed by atoms with Gasteiger partial charge in [0.1, 0.15) is 17.5 Å². The fraction of sp³-hybridized carbons (Fsp3) is 0.500. The van der Waals surface area contributed by atoms with Crippen LogP contribution in [0.15, 0.2) is 24.3 Å². The summed E-state index contributed by atoms with van der Waals surface area (Å²) in [6.07, 6.45) is -0.133. The van der Waals surface area contributed by atoms with E-state index in [9.17, 15) is 19.1 Å². The van der Waals surface area contributed by atoms with Gasteiger partial charge in [0.25, 0.3) is 0 Å². The standard InChI is InChI=1S/C16H20FNO4/c1-16(2,3)22-15(21)18-9-8-12(13(18)14(19)20)10-4-6-11(17)7-5-10/h4-7,12-13H,8-9H2,1-3H3,(H,19,20)/t12-,13+/m1/s1. The molecule has 2 atom stereocenters. The maximum atomic E-state index is 13.0. The maximum Gasteiger partial charge on any atom is 0.411 e. The Bertz CT molecular complexity index is 565. The predicted octanol–water partition coefficient (Wildman–Crippen LogP) is 3.00. The first-order chi connectivity index (χ1) is 10.2. The largest absolute Gasteiger partial charge is 0.480 e. The van der Waals surface area contributed by atoms with Crippen LogP contribution in [-0.4, -0.2) is 40.3 Å². The van der Waals surface area contributed by atoms with Gasteiger partial charge in [0.15, 0.2) is 0 Å². The Labute approximate surface area is 128 Å². The first-order valence-electron chi connectivity index (χ1n) is 7.17. The van der Waals surface area contributed by atoms with E-state index >= 15 is 0 Å². The molecular formula is C16H20FNO4. The minimum absolute atomic E-state index is 0.300. The highest BCUT2D eigenvalue weighted by atomic mass is 19.1. The van der Waals surface area contributed by atoms with Gasteiger partial charge in [0.2, 0.25) is 0 Å². The van der Waals surface area contributed by atoms with Crippen molar-refractivity contribution in [3.63, 3.8) is 0 Å². The van der Waals surface area contributed by atoms with Gasteiger partial charge in [-0.1, -0.05) is 12.1 Å². The third-order valence-corrected chi connectivity index (χ3v) is 3.58. The quantitative estimate of drug-likeness (QED) is 0.912. The number of hydrogen-bond donors (Lipinski definition) is 1. The molecule has 120 valence electrons. The molecule has 1 amide bonds. The SMILES string of the molecule is CC(C)(C)OC(=O)N1CC[C@H](c2ccc(F)cc2)[C@H]1C(=O)O. The number of benzene rings is 1. The van der Waals surface area contributed by atoms with E-state index in [1.54, 1.807) is 32.9 Å². The van der Waals surface area contributed by atoms with Crippen LogP contribution in [0.3, 0.4) is 0 Å². The van der Waals surface area contributed by atoms with E-state index in [2.05, 4.69) is 0 Å². The molecule has 1 heterocycles. The van der Waals surface area contributed by atoms with Crippen LogP contribution >= 0.6 is 0 Å². The molecule has 0 aliphatic carbocycles. The summed E-state index contributed by atoms with van der Waals surface area (Å²) < 4.78 is 18.3. The van der Waals surface area contributed by atoms with E-state index in [-0.39, 0.29) is 11.7 Å². The Kier molecular flexibility index (Phi) is 4.39. The van der Waals surface area contributed by atoms with E-state index in [1.807, 2.05) is 0 Å². The van der Waals surface area contributed by atoms with E-state index in [0.717, 1.165) is 0 Å². The molecular weight excluding hydrogens is 289 g/mol. The number of amides is 1. The second-order valence-electron chi connectivity index (χ2n) is 6.40. The zero-order chi connectivity index (χ0) is 16.5. The lowest BCUT2D eigenvalue weighted by Gasteiger charge is -2.28. The number of rotatable bonds is 2. The number of ether oxygens (including phenoxy) is 1. The van der Waals surface area contributed by atoms with Crippen LogP contribution in [0.1, 0.15) is 38.7 Å². The van der Waals surface area contributed by atoms with Gasteiger partial charge in [0, 0.05) is 12.5 Å². The zero-order valence-corrected chi connectivity index (χ0v) is 12.9. The molecule has 1 fully saturated rings. The third kappa shape index (κ3) is 3.55. The van der Waals surface area contributed by atoms with Crippen molar-refractivity contribution >= 4 is 12.1 Å². The Morgan fingerprint density at radius 3 is 2.36 bits per heavy atom.